The van der Waals surface area contributed by atoms with Gasteiger partial charge in [0.25, 0.3) is 0 Å². The molecule has 3 nitrogen and oxygen atoms in total. The molecule has 0 saturated carbocycles. The van der Waals surface area contributed by atoms with Gasteiger partial charge in [-0.1, -0.05) is 19.8 Å². The van der Waals surface area contributed by atoms with E-state index in [1.54, 1.807) is 11.3 Å². The van der Waals surface area contributed by atoms with Crippen LogP contribution in [-0.4, -0.2) is 17.1 Å². The predicted molar refractivity (Wildman–Crippen MR) is 66.8 cm³/mol. The van der Waals surface area contributed by atoms with Crippen molar-refractivity contribution in [3.8, 4) is 0 Å². The first kappa shape index (κ1) is 13.2. The van der Waals surface area contributed by atoms with Crippen LogP contribution in [0.3, 0.4) is 0 Å². The van der Waals surface area contributed by atoms with E-state index >= 15 is 0 Å². The number of nitrogens with one attached hydrogen (secondary N) is 1. The molecule has 90 valence electrons. The van der Waals surface area contributed by atoms with Gasteiger partial charge in [-0.15, -0.1) is 11.3 Å². The van der Waals surface area contributed by atoms with E-state index in [2.05, 4.69) is 25.2 Å². The van der Waals surface area contributed by atoms with E-state index in [1.807, 2.05) is 5.38 Å². The molecule has 1 aromatic rings. The molecule has 0 saturated heterocycles. The summed E-state index contributed by atoms with van der Waals surface area (Å²) < 4.78 is 0. The lowest BCUT2D eigenvalue weighted by atomic mass is 10.1. The van der Waals surface area contributed by atoms with Gasteiger partial charge in [0.15, 0.2) is 0 Å². The van der Waals surface area contributed by atoms with Gasteiger partial charge in [0.1, 0.15) is 6.04 Å². The normalized spacial score (nSPS) is 12.6. The molecule has 16 heavy (non-hydrogen) atoms. The van der Waals surface area contributed by atoms with Crippen molar-refractivity contribution in [2.75, 3.05) is 0 Å². The second-order valence-electron chi connectivity index (χ2n) is 3.94. The van der Waals surface area contributed by atoms with Gasteiger partial charge < -0.3 is 5.11 Å². The number of unbranched alkanes of at least 4 members (excludes halogenated alkanes) is 1. The highest BCUT2D eigenvalue weighted by Crippen LogP contribution is 2.15. The van der Waals surface area contributed by atoms with Gasteiger partial charge in [-0.05, 0) is 30.4 Å². The number of hydrogen-bond donors (Lipinski definition) is 2. The highest BCUT2D eigenvalue weighted by atomic mass is 32.1. The van der Waals surface area contributed by atoms with Gasteiger partial charge in [0.2, 0.25) is 0 Å². The summed E-state index contributed by atoms with van der Waals surface area (Å²) in [5.74, 6) is -0.748. The van der Waals surface area contributed by atoms with E-state index in [4.69, 9.17) is 5.11 Å². The number of carboxylic acid groups (broad SMARTS) is 1. The number of hydrogen-bond acceptors (Lipinski definition) is 3. The molecule has 0 aromatic carbocycles. The maximum atomic E-state index is 11.0. The third kappa shape index (κ3) is 3.94. The Morgan fingerprint density at radius 2 is 2.38 bits per heavy atom. The summed E-state index contributed by atoms with van der Waals surface area (Å²) in [6, 6.07) is 1.64. The smallest absolute Gasteiger partial charge is 0.320 e. The van der Waals surface area contributed by atoms with Crippen molar-refractivity contribution in [3.05, 3.63) is 21.9 Å². The van der Waals surface area contributed by atoms with Crippen LogP contribution in [0.15, 0.2) is 11.4 Å². The van der Waals surface area contributed by atoms with Gasteiger partial charge in [0.05, 0.1) is 0 Å². The molecular formula is C12H19NO2S. The standard InChI is InChI=1S/C12H19NO2S/c1-3-4-5-10(12(14)15)13-8-11-9(2)6-7-16-11/h6-7,10,13H,3-5,8H2,1-2H3,(H,14,15). The molecule has 0 aliphatic heterocycles. The summed E-state index contributed by atoms with van der Waals surface area (Å²) in [7, 11) is 0. The van der Waals surface area contributed by atoms with Crippen molar-refractivity contribution in [2.45, 2.75) is 45.7 Å². The van der Waals surface area contributed by atoms with Gasteiger partial charge in [-0.2, -0.15) is 0 Å². The van der Waals surface area contributed by atoms with Crippen molar-refractivity contribution in [3.63, 3.8) is 0 Å². The zero-order valence-electron chi connectivity index (χ0n) is 9.82. The number of aryl methyl sites for hydroxylation is 1. The minimum atomic E-state index is -0.748. The zero-order valence-corrected chi connectivity index (χ0v) is 10.6. The maximum absolute atomic E-state index is 11.0. The fourth-order valence-electron chi connectivity index (χ4n) is 1.52. The summed E-state index contributed by atoms with van der Waals surface area (Å²) in [5.41, 5.74) is 1.23. The molecule has 0 aliphatic carbocycles. The number of aliphatic carboxylic acids is 1. The molecule has 0 aliphatic rings. The van der Waals surface area contributed by atoms with Crippen LogP contribution < -0.4 is 5.32 Å². The number of carboxylic acids is 1. The molecule has 1 atom stereocenters. The van der Waals surface area contributed by atoms with Crippen LogP contribution in [0.2, 0.25) is 0 Å². The molecule has 0 radical (unpaired) electrons. The van der Waals surface area contributed by atoms with Crippen molar-refractivity contribution in [1.29, 1.82) is 0 Å². The van der Waals surface area contributed by atoms with Crippen molar-refractivity contribution in [1.82, 2.24) is 5.32 Å². The lowest BCUT2D eigenvalue weighted by Crippen LogP contribution is -2.36. The maximum Gasteiger partial charge on any atom is 0.320 e. The molecule has 1 unspecified atom stereocenters. The lowest BCUT2D eigenvalue weighted by Gasteiger charge is -2.13. The van der Waals surface area contributed by atoms with Crippen LogP contribution >= 0.6 is 11.3 Å². The minimum Gasteiger partial charge on any atom is -0.480 e. The molecule has 1 rings (SSSR count). The summed E-state index contributed by atoms with van der Waals surface area (Å²) in [4.78, 5) is 12.2. The number of rotatable bonds is 7. The minimum absolute atomic E-state index is 0.415. The number of carbonyl (C=O) groups is 1. The molecule has 0 bridgehead atoms. The molecule has 0 spiro atoms. The Labute approximate surface area is 100 Å². The summed E-state index contributed by atoms with van der Waals surface area (Å²) in [6.07, 6.45) is 2.69. The van der Waals surface area contributed by atoms with Crippen molar-refractivity contribution < 1.29 is 9.90 Å². The van der Waals surface area contributed by atoms with Crippen molar-refractivity contribution >= 4 is 17.3 Å². The van der Waals surface area contributed by atoms with Crippen LogP contribution in [-0.2, 0) is 11.3 Å². The highest BCUT2D eigenvalue weighted by molar-refractivity contribution is 7.10. The Bertz CT molecular complexity index is 336. The second kappa shape index (κ2) is 6.66. The first-order chi connectivity index (χ1) is 7.65. The topological polar surface area (TPSA) is 49.3 Å². The molecule has 2 N–H and O–H groups in total. The quantitative estimate of drug-likeness (QED) is 0.771. The fraction of sp³-hybridized carbons (Fsp3) is 0.583. The molecule has 0 fully saturated rings. The van der Waals surface area contributed by atoms with E-state index in [1.165, 1.54) is 10.4 Å². The predicted octanol–water partition coefficient (Wildman–Crippen LogP) is 2.79. The van der Waals surface area contributed by atoms with Crippen LogP contribution in [0, 0.1) is 6.92 Å². The Morgan fingerprint density at radius 1 is 1.62 bits per heavy atom. The third-order valence-corrected chi connectivity index (χ3v) is 3.64. The average Bonchev–Trinajstić information content (AvgIpc) is 2.64. The fourth-order valence-corrected chi connectivity index (χ4v) is 2.38. The molecule has 4 heteroatoms. The van der Waals surface area contributed by atoms with E-state index in [0.29, 0.717) is 13.0 Å². The van der Waals surface area contributed by atoms with E-state index in [0.717, 1.165) is 12.8 Å². The SMILES string of the molecule is CCCCC(NCc1sccc1C)C(=O)O. The van der Waals surface area contributed by atoms with Crippen molar-refractivity contribution in [2.24, 2.45) is 0 Å². The molecular weight excluding hydrogens is 222 g/mol. The van der Waals surface area contributed by atoms with Gasteiger partial charge >= 0.3 is 5.97 Å². The summed E-state index contributed by atoms with van der Waals surface area (Å²) in [6.45, 7) is 4.78. The number of thiophene rings is 1. The van der Waals surface area contributed by atoms with E-state index in [-0.39, 0.29) is 0 Å². The van der Waals surface area contributed by atoms with Gasteiger partial charge in [0, 0.05) is 11.4 Å². The molecule has 1 aromatic heterocycles. The second-order valence-corrected chi connectivity index (χ2v) is 4.94. The van der Waals surface area contributed by atoms with Crippen LogP contribution in [0.5, 0.6) is 0 Å². The highest BCUT2D eigenvalue weighted by Gasteiger charge is 2.16. The van der Waals surface area contributed by atoms with Gasteiger partial charge in [-0.25, -0.2) is 0 Å². The Hall–Kier alpha value is -0.870. The Balaban J connectivity index is 2.44. The molecule has 0 amide bonds. The Morgan fingerprint density at radius 3 is 2.88 bits per heavy atom. The monoisotopic (exact) mass is 241 g/mol. The first-order valence-corrected chi connectivity index (χ1v) is 6.52. The first-order valence-electron chi connectivity index (χ1n) is 5.64. The van der Waals surface area contributed by atoms with E-state index in [9.17, 15) is 4.79 Å². The summed E-state index contributed by atoms with van der Waals surface area (Å²) in [5, 5.41) is 14.2. The Kier molecular flexibility index (Phi) is 5.49. The van der Waals surface area contributed by atoms with Crippen LogP contribution in [0.25, 0.3) is 0 Å². The lowest BCUT2D eigenvalue weighted by molar-refractivity contribution is -0.139. The van der Waals surface area contributed by atoms with E-state index < -0.39 is 12.0 Å². The van der Waals surface area contributed by atoms with Crippen LogP contribution in [0.1, 0.15) is 36.6 Å². The molecule has 1 heterocycles. The average molecular weight is 241 g/mol. The van der Waals surface area contributed by atoms with Gasteiger partial charge in [-0.3, -0.25) is 10.1 Å². The largest absolute Gasteiger partial charge is 0.480 e. The zero-order chi connectivity index (χ0) is 12.0. The third-order valence-electron chi connectivity index (χ3n) is 2.62. The summed E-state index contributed by atoms with van der Waals surface area (Å²) >= 11 is 1.67. The van der Waals surface area contributed by atoms with Crippen LogP contribution in [0.4, 0.5) is 0 Å².